The number of ether oxygens (including phenoxy) is 1. The quantitative estimate of drug-likeness (QED) is 0.637. The van der Waals surface area contributed by atoms with E-state index in [1.807, 2.05) is 0 Å². The highest BCUT2D eigenvalue weighted by Gasteiger charge is 2.22. The normalized spacial score (nSPS) is 24.1. The number of rotatable bonds is 3. The Balaban J connectivity index is 2.56. The van der Waals surface area contributed by atoms with Crippen molar-refractivity contribution in [3.8, 4) is 0 Å². The summed E-state index contributed by atoms with van der Waals surface area (Å²) < 4.78 is 29.4. The number of nitrogens with zero attached hydrogens (tertiary/aromatic N) is 1. The molecule has 0 spiro atoms. The van der Waals surface area contributed by atoms with E-state index in [4.69, 9.17) is 4.74 Å². The lowest BCUT2D eigenvalue weighted by molar-refractivity contribution is 0.180. The lowest BCUT2D eigenvalue weighted by atomic mass is 10.5. The van der Waals surface area contributed by atoms with Gasteiger partial charge in [0.25, 0.3) is 0 Å². The van der Waals surface area contributed by atoms with Crippen LogP contribution in [-0.4, -0.2) is 58.4 Å². The molecule has 0 bridgehead atoms. The standard InChI is InChI=1S/C7H16N2O3S/c1-12-6-5-9-4-2-8-3-7-13(9,10)11/h8H,2-7H2,1H3. The molecule has 0 amide bonds. The third-order valence-electron chi connectivity index (χ3n) is 2.01. The van der Waals surface area contributed by atoms with Crippen LogP contribution >= 0.6 is 0 Å². The van der Waals surface area contributed by atoms with Crippen molar-refractivity contribution in [2.75, 3.05) is 45.6 Å². The van der Waals surface area contributed by atoms with Crippen LogP contribution in [0, 0.1) is 0 Å². The summed E-state index contributed by atoms with van der Waals surface area (Å²) >= 11 is 0. The fraction of sp³-hybridized carbons (Fsp3) is 1.00. The molecule has 5 nitrogen and oxygen atoms in total. The van der Waals surface area contributed by atoms with Crippen LogP contribution in [0.15, 0.2) is 0 Å². The number of methoxy groups -OCH3 is 1. The molecular weight excluding hydrogens is 192 g/mol. The second-order valence-corrected chi connectivity index (χ2v) is 5.05. The second-order valence-electron chi connectivity index (χ2n) is 2.96. The highest BCUT2D eigenvalue weighted by molar-refractivity contribution is 7.89. The first-order valence-electron chi connectivity index (χ1n) is 4.34. The molecule has 1 heterocycles. The summed E-state index contributed by atoms with van der Waals surface area (Å²) in [6, 6.07) is 0. The molecule has 0 aromatic heterocycles. The summed E-state index contributed by atoms with van der Waals surface area (Å²) in [6.45, 7) is 2.74. The Morgan fingerprint density at radius 2 is 2.23 bits per heavy atom. The fourth-order valence-corrected chi connectivity index (χ4v) is 2.62. The first kappa shape index (κ1) is 10.9. The zero-order valence-electron chi connectivity index (χ0n) is 7.82. The van der Waals surface area contributed by atoms with Crippen LogP contribution in [0.3, 0.4) is 0 Å². The first-order valence-corrected chi connectivity index (χ1v) is 5.95. The van der Waals surface area contributed by atoms with Crippen LogP contribution in [-0.2, 0) is 14.8 Å². The Morgan fingerprint density at radius 1 is 1.46 bits per heavy atom. The minimum Gasteiger partial charge on any atom is -0.383 e. The maximum atomic E-state index is 11.5. The maximum Gasteiger partial charge on any atom is 0.215 e. The van der Waals surface area contributed by atoms with Crippen molar-refractivity contribution >= 4 is 10.0 Å². The Hall–Kier alpha value is -0.170. The van der Waals surface area contributed by atoms with E-state index in [0.717, 1.165) is 6.54 Å². The third kappa shape index (κ3) is 3.22. The smallest absolute Gasteiger partial charge is 0.215 e. The van der Waals surface area contributed by atoms with Gasteiger partial charge in [-0.25, -0.2) is 8.42 Å². The van der Waals surface area contributed by atoms with Gasteiger partial charge in [0.1, 0.15) is 0 Å². The van der Waals surface area contributed by atoms with E-state index in [0.29, 0.717) is 26.2 Å². The van der Waals surface area contributed by atoms with Crippen molar-refractivity contribution in [3.63, 3.8) is 0 Å². The Labute approximate surface area is 79.1 Å². The molecule has 0 atom stereocenters. The van der Waals surface area contributed by atoms with Gasteiger partial charge in [-0.15, -0.1) is 0 Å². The van der Waals surface area contributed by atoms with Gasteiger partial charge in [-0.1, -0.05) is 0 Å². The van der Waals surface area contributed by atoms with Gasteiger partial charge in [0.15, 0.2) is 0 Å². The topological polar surface area (TPSA) is 58.6 Å². The van der Waals surface area contributed by atoms with Gasteiger partial charge in [0.2, 0.25) is 10.0 Å². The van der Waals surface area contributed by atoms with E-state index < -0.39 is 10.0 Å². The lowest BCUT2D eigenvalue weighted by Crippen LogP contribution is -2.36. The average molecular weight is 208 g/mol. The molecule has 0 aromatic rings. The van der Waals surface area contributed by atoms with E-state index in [9.17, 15) is 8.42 Å². The van der Waals surface area contributed by atoms with Crippen molar-refractivity contribution < 1.29 is 13.2 Å². The number of nitrogens with one attached hydrogen (secondary N) is 1. The van der Waals surface area contributed by atoms with Gasteiger partial charge >= 0.3 is 0 Å². The zero-order valence-corrected chi connectivity index (χ0v) is 8.64. The van der Waals surface area contributed by atoms with Crippen LogP contribution in [0.1, 0.15) is 0 Å². The van der Waals surface area contributed by atoms with E-state index in [1.165, 1.54) is 4.31 Å². The maximum absolute atomic E-state index is 11.5. The minimum atomic E-state index is -3.04. The molecule has 1 aliphatic rings. The van der Waals surface area contributed by atoms with Crippen LogP contribution in [0.5, 0.6) is 0 Å². The Morgan fingerprint density at radius 3 is 2.92 bits per heavy atom. The first-order chi connectivity index (χ1) is 6.17. The van der Waals surface area contributed by atoms with Crippen molar-refractivity contribution in [3.05, 3.63) is 0 Å². The van der Waals surface area contributed by atoms with Gasteiger partial charge in [-0.2, -0.15) is 4.31 Å². The zero-order chi connectivity index (χ0) is 9.73. The molecule has 1 rings (SSSR count). The summed E-state index contributed by atoms with van der Waals surface area (Å²) in [6.07, 6.45) is 0. The molecule has 0 aromatic carbocycles. The van der Waals surface area contributed by atoms with Gasteiger partial charge in [-0.05, 0) is 0 Å². The molecule has 0 saturated carbocycles. The van der Waals surface area contributed by atoms with Crippen LogP contribution in [0.25, 0.3) is 0 Å². The van der Waals surface area contributed by atoms with Crippen LogP contribution in [0.4, 0.5) is 0 Å². The van der Waals surface area contributed by atoms with Crippen molar-refractivity contribution in [1.29, 1.82) is 0 Å². The van der Waals surface area contributed by atoms with Crippen molar-refractivity contribution in [2.45, 2.75) is 0 Å². The molecule has 0 radical (unpaired) electrons. The fourth-order valence-electron chi connectivity index (χ4n) is 1.24. The van der Waals surface area contributed by atoms with Gasteiger partial charge in [0.05, 0.1) is 12.4 Å². The van der Waals surface area contributed by atoms with Gasteiger partial charge in [0, 0.05) is 33.3 Å². The number of hydrogen-bond acceptors (Lipinski definition) is 4. The molecular formula is C7H16N2O3S. The van der Waals surface area contributed by atoms with Gasteiger partial charge < -0.3 is 10.1 Å². The van der Waals surface area contributed by atoms with E-state index in [-0.39, 0.29) is 5.75 Å². The summed E-state index contributed by atoms with van der Waals surface area (Å²) in [5, 5.41) is 3.05. The van der Waals surface area contributed by atoms with Crippen LogP contribution in [0.2, 0.25) is 0 Å². The SMILES string of the molecule is COCCN1CCNCCS1(=O)=O. The Kier molecular flexibility index (Phi) is 4.11. The van der Waals surface area contributed by atoms with E-state index in [1.54, 1.807) is 7.11 Å². The molecule has 1 aliphatic heterocycles. The van der Waals surface area contributed by atoms with E-state index >= 15 is 0 Å². The summed E-state index contributed by atoms with van der Waals surface area (Å²) in [4.78, 5) is 0. The predicted molar refractivity (Wildman–Crippen MR) is 50.1 cm³/mol. The van der Waals surface area contributed by atoms with Crippen LogP contribution < -0.4 is 5.32 Å². The van der Waals surface area contributed by atoms with Crippen molar-refractivity contribution in [2.24, 2.45) is 0 Å². The molecule has 13 heavy (non-hydrogen) atoms. The van der Waals surface area contributed by atoms with E-state index in [2.05, 4.69) is 5.32 Å². The van der Waals surface area contributed by atoms with Gasteiger partial charge in [-0.3, -0.25) is 0 Å². The summed E-state index contributed by atoms with van der Waals surface area (Å²) in [5.74, 6) is 0.191. The summed E-state index contributed by atoms with van der Waals surface area (Å²) in [5.41, 5.74) is 0. The summed E-state index contributed by atoms with van der Waals surface area (Å²) in [7, 11) is -1.47. The lowest BCUT2D eigenvalue weighted by Gasteiger charge is -2.18. The highest BCUT2D eigenvalue weighted by atomic mass is 32.2. The monoisotopic (exact) mass is 208 g/mol. The molecule has 0 aliphatic carbocycles. The third-order valence-corrected chi connectivity index (χ3v) is 3.88. The molecule has 78 valence electrons. The molecule has 6 heteroatoms. The molecule has 1 N–H and O–H groups in total. The number of sulfonamides is 1. The highest BCUT2D eigenvalue weighted by Crippen LogP contribution is 2.02. The second kappa shape index (κ2) is 4.90. The predicted octanol–water partition coefficient (Wildman–Crippen LogP) is -1.13. The largest absolute Gasteiger partial charge is 0.383 e. The number of hydrogen-bond donors (Lipinski definition) is 1. The molecule has 1 saturated heterocycles. The average Bonchev–Trinajstić information content (AvgIpc) is 2.23. The van der Waals surface area contributed by atoms with Crippen molar-refractivity contribution in [1.82, 2.24) is 9.62 Å². The molecule has 0 unspecified atom stereocenters. The molecule has 1 fully saturated rings. The Bertz CT molecular complexity index is 240. The minimum absolute atomic E-state index is 0.191.